The molecule has 2 nitrogen and oxygen atoms in total. The Morgan fingerprint density at radius 3 is 2.74 bits per heavy atom. The third-order valence-corrected chi connectivity index (χ3v) is 3.06. The molecule has 2 rings (SSSR count). The van der Waals surface area contributed by atoms with E-state index in [4.69, 9.17) is 5.73 Å². The van der Waals surface area contributed by atoms with Crippen molar-refractivity contribution in [2.24, 2.45) is 5.73 Å². The molecule has 0 radical (unpaired) electrons. The van der Waals surface area contributed by atoms with Gasteiger partial charge in [0, 0.05) is 17.5 Å². The fraction of sp³-hybridized carbons (Fsp3) is 0.125. The minimum absolute atomic E-state index is 0.209. The van der Waals surface area contributed by atoms with Gasteiger partial charge in [0.05, 0.1) is 5.70 Å². The van der Waals surface area contributed by atoms with E-state index >= 15 is 0 Å². The molecule has 0 aromatic heterocycles. The summed E-state index contributed by atoms with van der Waals surface area (Å²) in [7, 11) is 0. The van der Waals surface area contributed by atoms with Crippen molar-refractivity contribution in [1.29, 1.82) is 0 Å². The molecule has 0 saturated heterocycles. The molecule has 0 aliphatic heterocycles. The van der Waals surface area contributed by atoms with Gasteiger partial charge in [-0.2, -0.15) is 0 Å². The highest BCUT2D eigenvalue weighted by atomic mass is 19.1. The van der Waals surface area contributed by atoms with Crippen LogP contribution in [0.4, 0.5) is 10.1 Å². The number of anilines is 1. The number of halogens is 1. The molecule has 1 aliphatic carbocycles. The van der Waals surface area contributed by atoms with Gasteiger partial charge in [0.2, 0.25) is 0 Å². The Labute approximate surface area is 112 Å². The monoisotopic (exact) mass is 256 g/mol. The summed E-state index contributed by atoms with van der Waals surface area (Å²) < 4.78 is 13.2. The molecule has 1 aromatic rings. The Bertz CT molecular complexity index is 595. The second-order valence-corrected chi connectivity index (χ2v) is 4.43. The summed E-state index contributed by atoms with van der Waals surface area (Å²) >= 11 is 0. The minimum atomic E-state index is -0.209. The number of hydrogen-bond donors (Lipinski definition) is 2. The maximum absolute atomic E-state index is 13.2. The zero-order valence-corrected chi connectivity index (χ0v) is 10.9. The molecule has 0 unspecified atom stereocenters. The fourth-order valence-electron chi connectivity index (χ4n) is 1.96. The van der Waals surface area contributed by atoms with Crippen molar-refractivity contribution in [3.8, 4) is 0 Å². The van der Waals surface area contributed by atoms with Crippen molar-refractivity contribution in [3.05, 3.63) is 77.4 Å². The lowest BCUT2D eigenvalue weighted by atomic mass is 9.93. The molecule has 0 saturated carbocycles. The average Bonchev–Trinajstić information content (AvgIpc) is 2.38. The van der Waals surface area contributed by atoms with E-state index < -0.39 is 0 Å². The highest BCUT2D eigenvalue weighted by molar-refractivity contribution is 5.63. The van der Waals surface area contributed by atoms with E-state index in [1.807, 2.05) is 18.2 Å². The van der Waals surface area contributed by atoms with E-state index in [1.165, 1.54) is 17.8 Å². The number of allylic oxidation sites excluding steroid dienone is 4. The predicted molar refractivity (Wildman–Crippen MR) is 78.0 cm³/mol. The maximum Gasteiger partial charge on any atom is 0.126 e. The van der Waals surface area contributed by atoms with Crippen LogP contribution in [0.5, 0.6) is 0 Å². The van der Waals surface area contributed by atoms with Crippen molar-refractivity contribution >= 4 is 5.69 Å². The summed E-state index contributed by atoms with van der Waals surface area (Å²) in [4.78, 5) is 0. The Morgan fingerprint density at radius 2 is 2.21 bits per heavy atom. The number of rotatable bonds is 5. The van der Waals surface area contributed by atoms with Crippen LogP contribution in [0.25, 0.3) is 0 Å². The maximum atomic E-state index is 13.2. The highest BCUT2D eigenvalue weighted by Crippen LogP contribution is 2.29. The van der Waals surface area contributed by atoms with Gasteiger partial charge >= 0.3 is 0 Å². The predicted octanol–water partition coefficient (Wildman–Crippen LogP) is 3.79. The van der Waals surface area contributed by atoms with Crippen LogP contribution in [0.3, 0.4) is 0 Å². The van der Waals surface area contributed by atoms with E-state index in [1.54, 1.807) is 19.1 Å². The molecular formula is C16H17FN2. The quantitative estimate of drug-likeness (QED) is 0.787. The van der Waals surface area contributed by atoms with Crippen molar-refractivity contribution in [2.75, 3.05) is 5.32 Å². The largest absolute Gasteiger partial charge is 0.403 e. The van der Waals surface area contributed by atoms with Crippen LogP contribution < -0.4 is 11.1 Å². The Morgan fingerprint density at radius 1 is 1.42 bits per heavy atom. The third kappa shape index (κ3) is 2.76. The van der Waals surface area contributed by atoms with Crippen molar-refractivity contribution in [2.45, 2.75) is 13.3 Å². The molecule has 0 bridgehead atoms. The fourth-order valence-corrected chi connectivity index (χ4v) is 1.96. The number of aryl methyl sites for hydroxylation is 1. The van der Waals surface area contributed by atoms with Gasteiger partial charge in [-0.25, -0.2) is 4.39 Å². The van der Waals surface area contributed by atoms with Crippen LogP contribution >= 0.6 is 0 Å². The average molecular weight is 256 g/mol. The molecular weight excluding hydrogens is 239 g/mol. The lowest BCUT2D eigenvalue weighted by Gasteiger charge is -2.20. The molecule has 3 N–H and O–H groups in total. The van der Waals surface area contributed by atoms with E-state index in [0.717, 1.165) is 23.4 Å². The Hall–Kier alpha value is -2.29. The first-order chi connectivity index (χ1) is 9.15. The molecule has 0 atom stereocenters. The smallest absolute Gasteiger partial charge is 0.126 e. The molecule has 3 heteroatoms. The van der Waals surface area contributed by atoms with Crippen LogP contribution in [-0.2, 0) is 0 Å². The van der Waals surface area contributed by atoms with Crippen molar-refractivity contribution < 1.29 is 4.39 Å². The minimum Gasteiger partial charge on any atom is -0.403 e. The molecule has 1 aliphatic rings. The standard InChI is InChI=1S/C16H17FN2/c1-3-4-12-5-7-14(12)16(10-18)19-13-6-8-15(17)11(2)9-13/h3,5-10,19H,1,4,18H2,2H3/b16-10+. The first-order valence-electron chi connectivity index (χ1n) is 6.13. The third-order valence-electron chi connectivity index (χ3n) is 3.06. The van der Waals surface area contributed by atoms with Gasteiger partial charge in [-0.15, -0.1) is 6.58 Å². The van der Waals surface area contributed by atoms with Crippen LogP contribution in [0.1, 0.15) is 12.0 Å². The zero-order valence-electron chi connectivity index (χ0n) is 10.9. The summed E-state index contributed by atoms with van der Waals surface area (Å²) in [5.41, 5.74) is 10.2. The molecule has 0 heterocycles. The molecule has 0 fully saturated rings. The summed E-state index contributed by atoms with van der Waals surface area (Å²) in [6.45, 7) is 5.46. The SMILES string of the molecule is C=CCC1=C(/C(=C\N)Nc2ccc(F)c(C)c2)C=C1. The Kier molecular flexibility index (Phi) is 3.85. The summed E-state index contributed by atoms with van der Waals surface area (Å²) in [5.74, 6) is -0.209. The first-order valence-corrected chi connectivity index (χ1v) is 6.13. The lowest BCUT2D eigenvalue weighted by molar-refractivity contribution is 0.619. The zero-order chi connectivity index (χ0) is 13.8. The number of nitrogens with two attached hydrogens (primary N) is 1. The molecule has 98 valence electrons. The van der Waals surface area contributed by atoms with Gasteiger partial charge in [-0.3, -0.25) is 0 Å². The van der Waals surface area contributed by atoms with E-state index in [-0.39, 0.29) is 5.82 Å². The number of benzene rings is 1. The van der Waals surface area contributed by atoms with Crippen LogP contribution in [0.15, 0.2) is 66.0 Å². The lowest BCUT2D eigenvalue weighted by Crippen LogP contribution is -2.09. The summed E-state index contributed by atoms with van der Waals surface area (Å²) in [5, 5.41) is 3.21. The number of hydrogen-bond acceptors (Lipinski definition) is 2. The normalized spacial score (nSPS) is 14.3. The highest BCUT2D eigenvalue weighted by Gasteiger charge is 2.13. The van der Waals surface area contributed by atoms with Gasteiger partial charge in [0.15, 0.2) is 0 Å². The second kappa shape index (κ2) is 5.57. The van der Waals surface area contributed by atoms with Gasteiger partial charge < -0.3 is 11.1 Å². The molecule has 19 heavy (non-hydrogen) atoms. The number of nitrogens with one attached hydrogen (secondary N) is 1. The van der Waals surface area contributed by atoms with Gasteiger partial charge in [0.1, 0.15) is 5.82 Å². The van der Waals surface area contributed by atoms with Crippen molar-refractivity contribution in [1.82, 2.24) is 0 Å². The summed E-state index contributed by atoms with van der Waals surface area (Å²) in [6, 6.07) is 4.90. The molecule has 0 amide bonds. The molecule has 1 aromatic carbocycles. The van der Waals surface area contributed by atoms with Gasteiger partial charge in [0.25, 0.3) is 0 Å². The first kappa shape index (κ1) is 13.1. The van der Waals surface area contributed by atoms with E-state index in [0.29, 0.717) is 5.56 Å². The van der Waals surface area contributed by atoms with Gasteiger partial charge in [-0.05, 0) is 42.7 Å². The topological polar surface area (TPSA) is 38.0 Å². The van der Waals surface area contributed by atoms with Crippen molar-refractivity contribution in [3.63, 3.8) is 0 Å². The summed E-state index contributed by atoms with van der Waals surface area (Å²) in [6.07, 6.45) is 8.24. The van der Waals surface area contributed by atoms with E-state index in [9.17, 15) is 4.39 Å². The second-order valence-electron chi connectivity index (χ2n) is 4.43. The van der Waals surface area contributed by atoms with E-state index in [2.05, 4.69) is 11.9 Å². The van der Waals surface area contributed by atoms with Gasteiger partial charge in [-0.1, -0.05) is 18.2 Å². The molecule has 0 spiro atoms. The van der Waals surface area contributed by atoms with Crippen LogP contribution in [0.2, 0.25) is 0 Å². The van der Waals surface area contributed by atoms with Crippen LogP contribution in [-0.4, -0.2) is 0 Å². The Balaban J connectivity index is 2.19. The van der Waals surface area contributed by atoms with Crippen LogP contribution in [0, 0.1) is 12.7 Å².